The molecular formula is C8H13NO4. The summed E-state index contributed by atoms with van der Waals surface area (Å²) >= 11 is 0. The number of carboxylic acids is 1. The van der Waals surface area contributed by atoms with Crippen molar-refractivity contribution in [3.05, 3.63) is 12.2 Å². The molecule has 0 aromatic carbocycles. The number of hydrogen-bond acceptors (Lipinski definition) is 4. The summed E-state index contributed by atoms with van der Waals surface area (Å²) in [5.74, 6) is -1.93. The average Bonchev–Trinajstić information content (AvgIpc) is 2.01. The van der Waals surface area contributed by atoms with Crippen molar-refractivity contribution in [1.82, 2.24) is 0 Å². The zero-order chi connectivity index (χ0) is 10.3. The first-order valence-electron chi connectivity index (χ1n) is 3.93. The molecule has 0 bridgehead atoms. The monoisotopic (exact) mass is 187 g/mol. The minimum absolute atomic E-state index is 0.562. The number of aliphatic carboxylic acids is 1. The van der Waals surface area contributed by atoms with Gasteiger partial charge >= 0.3 is 11.9 Å². The largest absolute Gasteiger partial charge is 0.478 e. The molecule has 0 aliphatic rings. The molecule has 1 unspecified atom stereocenters. The van der Waals surface area contributed by atoms with Crippen LogP contribution in [0.3, 0.4) is 0 Å². The van der Waals surface area contributed by atoms with E-state index in [9.17, 15) is 9.59 Å². The van der Waals surface area contributed by atoms with Crippen molar-refractivity contribution in [3.63, 3.8) is 0 Å². The summed E-state index contributed by atoms with van der Waals surface area (Å²) in [4.78, 5) is 20.8. The van der Waals surface area contributed by atoms with Gasteiger partial charge in [0.15, 0.2) is 6.23 Å². The fourth-order valence-corrected chi connectivity index (χ4v) is 0.671. The lowest BCUT2D eigenvalue weighted by atomic mass is 10.3. The number of ether oxygens (including phenoxy) is 1. The van der Waals surface area contributed by atoms with E-state index in [-0.39, 0.29) is 0 Å². The van der Waals surface area contributed by atoms with Crippen LogP contribution in [0.4, 0.5) is 0 Å². The molecule has 1 atom stereocenters. The van der Waals surface area contributed by atoms with E-state index in [1.165, 1.54) is 0 Å². The van der Waals surface area contributed by atoms with E-state index in [4.69, 9.17) is 10.8 Å². The summed E-state index contributed by atoms with van der Waals surface area (Å²) in [5.41, 5.74) is 5.37. The second kappa shape index (κ2) is 6.19. The Morgan fingerprint density at radius 2 is 2.15 bits per heavy atom. The number of nitrogens with two attached hydrogens (primary N) is 1. The molecule has 0 aliphatic carbocycles. The van der Waals surface area contributed by atoms with Gasteiger partial charge in [0, 0.05) is 12.2 Å². The summed E-state index contributed by atoms with van der Waals surface area (Å²) in [6.07, 6.45) is 2.25. The molecule has 0 amide bonds. The highest BCUT2D eigenvalue weighted by molar-refractivity contribution is 5.90. The molecule has 0 radical (unpaired) electrons. The van der Waals surface area contributed by atoms with Crippen LogP contribution in [0.25, 0.3) is 0 Å². The third-order valence-electron chi connectivity index (χ3n) is 1.20. The molecule has 0 aromatic rings. The van der Waals surface area contributed by atoms with Gasteiger partial charge in [-0.3, -0.25) is 5.73 Å². The highest BCUT2D eigenvalue weighted by Crippen LogP contribution is 1.95. The number of carbonyl (C=O) groups excluding carboxylic acids is 1. The fraction of sp³-hybridized carbons (Fsp3) is 0.500. The van der Waals surface area contributed by atoms with Crippen LogP contribution in [-0.2, 0) is 14.3 Å². The van der Waals surface area contributed by atoms with Crippen molar-refractivity contribution in [2.24, 2.45) is 5.73 Å². The van der Waals surface area contributed by atoms with Crippen molar-refractivity contribution in [3.8, 4) is 0 Å². The summed E-state index contributed by atoms with van der Waals surface area (Å²) in [7, 11) is 0. The Morgan fingerprint density at radius 1 is 1.54 bits per heavy atom. The molecule has 0 aliphatic heterocycles. The fourth-order valence-electron chi connectivity index (χ4n) is 0.671. The summed E-state index contributed by atoms with van der Waals surface area (Å²) in [6.45, 7) is 1.90. The van der Waals surface area contributed by atoms with Crippen molar-refractivity contribution >= 4 is 11.9 Å². The van der Waals surface area contributed by atoms with Crippen molar-refractivity contribution < 1.29 is 19.4 Å². The molecule has 13 heavy (non-hydrogen) atoms. The van der Waals surface area contributed by atoms with E-state index in [1.807, 2.05) is 6.92 Å². The Kier molecular flexibility index (Phi) is 5.54. The molecule has 5 nitrogen and oxygen atoms in total. The maximum Gasteiger partial charge on any atom is 0.332 e. The predicted octanol–water partition coefficient (Wildman–Crippen LogP) is 0.255. The van der Waals surface area contributed by atoms with Crippen LogP contribution in [0, 0.1) is 0 Å². The standard InChI is InChI=1S/C8H13NO4/c1-2-3-6(9)13-8(12)5-4-7(10)11/h4-6H,2-3,9H2,1H3,(H,10,11). The number of carboxylic acid groups (broad SMARTS) is 1. The molecular weight excluding hydrogens is 174 g/mol. The van der Waals surface area contributed by atoms with Crippen LogP contribution in [0.15, 0.2) is 12.2 Å². The summed E-state index contributed by atoms with van der Waals surface area (Å²) < 4.78 is 4.63. The van der Waals surface area contributed by atoms with Gasteiger partial charge in [-0.25, -0.2) is 9.59 Å². The molecule has 74 valence electrons. The molecule has 0 spiro atoms. The smallest absolute Gasteiger partial charge is 0.332 e. The molecule has 0 heterocycles. The minimum atomic E-state index is -1.19. The molecule has 0 aromatic heterocycles. The van der Waals surface area contributed by atoms with Gasteiger partial charge in [0.05, 0.1) is 0 Å². The molecule has 0 saturated carbocycles. The normalized spacial score (nSPS) is 12.8. The number of rotatable bonds is 5. The van der Waals surface area contributed by atoms with Crippen LogP contribution >= 0.6 is 0 Å². The highest BCUT2D eigenvalue weighted by Gasteiger charge is 2.05. The lowest BCUT2D eigenvalue weighted by Crippen LogP contribution is -2.26. The third-order valence-corrected chi connectivity index (χ3v) is 1.20. The second-order valence-corrected chi connectivity index (χ2v) is 2.44. The van der Waals surface area contributed by atoms with Crippen molar-refractivity contribution in [1.29, 1.82) is 0 Å². The van der Waals surface area contributed by atoms with Gasteiger partial charge in [-0.1, -0.05) is 13.3 Å². The van der Waals surface area contributed by atoms with Gasteiger partial charge in [0.1, 0.15) is 0 Å². The molecule has 5 heteroatoms. The zero-order valence-corrected chi connectivity index (χ0v) is 7.40. The first-order valence-corrected chi connectivity index (χ1v) is 3.93. The van der Waals surface area contributed by atoms with Gasteiger partial charge in [0.2, 0.25) is 0 Å². The maximum atomic E-state index is 10.8. The average molecular weight is 187 g/mol. The van der Waals surface area contributed by atoms with E-state index in [0.29, 0.717) is 12.5 Å². The van der Waals surface area contributed by atoms with Gasteiger partial charge in [0.25, 0.3) is 0 Å². The SMILES string of the molecule is CCCC(N)OC(=O)C=CC(=O)O. The van der Waals surface area contributed by atoms with Gasteiger partial charge in [-0.05, 0) is 6.42 Å². The Labute approximate surface area is 76.2 Å². The minimum Gasteiger partial charge on any atom is -0.478 e. The topological polar surface area (TPSA) is 89.6 Å². The summed E-state index contributed by atoms with van der Waals surface area (Å²) in [6, 6.07) is 0. The first kappa shape index (κ1) is 11.6. The lowest BCUT2D eigenvalue weighted by molar-refractivity contribution is -0.143. The van der Waals surface area contributed by atoms with Crippen LogP contribution in [0.2, 0.25) is 0 Å². The van der Waals surface area contributed by atoms with E-state index >= 15 is 0 Å². The second-order valence-electron chi connectivity index (χ2n) is 2.44. The molecule has 3 N–H and O–H groups in total. The first-order chi connectivity index (χ1) is 6.06. The Balaban J connectivity index is 3.80. The lowest BCUT2D eigenvalue weighted by Gasteiger charge is -2.09. The van der Waals surface area contributed by atoms with Crippen LogP contribution < -0.4 is 5.73 Å². The third kappa shape index (κ3) is 7.02. The molecule has 0 fully saturated rings. The predicted molar refractivity (Wildman–Crippen MR) is 45.8 cm³/mol. The van der Waals surface area contributed by atoms with E-state index in [2.05, 4.69) is 4.74 Å². The van der Waals surface area contributed by atoms with Gasteiger partial charge in [-0.2, -0.15) is 0 Å². The van der Waals surface area contributed by atoms with Crippen LogP contribution in [0.5, 0.6) is 0 Å². The molecule has 0 saturated heterocycles. The van der Waals surface area contributed by atoms with Crippen LogP contribution in [0.1, 0.15) is 19.8 Å². The Bertz CT molecular complexity index is 212. The van der Waals surface area contributed by atoms with Crippen molar-refractivity contribution in [2.75, 3.05) is 0 Å². The van der Waals surface area contributed by atoms with E-state index in [0.717, 1.165) is 12.5 Å². The zero-order valence-electron chi connectivity index (χ0n) is 7.40. The Hall–Kier alpha value is -1.36. The highest BCUT2D eigenvalue weighted by atomic mass is 16.6. The van der Waals surface area contributed by atoms with Crippen molar-refractivity contribution in [2.45, 2.75) is 26.0 Å². The summed E-state index contributed by atoms with van der Waals surface area (Å²) in [5, 5.41) is 8.17. The van der Waals surface area contributed by atoms with E-state index in [1.54, 1.807) is 0 Å². The van der Waals surface area contributed by atoms with Gasteiger partial charge in [-0.15, -0.1) is 0 Å². The molecule has 0 rings (SSSR count). The van der Waals surface area contributed by atoms with E-state index < -0.39 is 18.2 Å². The maximum absolute atomic E-state index is 10.8. The van der Waals surface area contributed by atoms with Gasteiger partial charge < -0.3 is 9.84 Å². The van der Waals surface area contributed by atoms with Crippen LogP contribution in [-0.4, -0.2) is 23.3 Å². The number of hydrogen-bond donors (Lipinski definition) is 2. The number of esters is 1. The number of carbonyl (C=O) groups is 2. The quantitative estimate of drug-likeness (QED) is 0.366. The Morgan fingerprint density at radius 3 is 2.62 bits per heavy atom.